The van der Waals surface area contributed by atoms with E-state index in [1.165, 1.54) is 17.1 Å². The van der Waals surface area contributed by atoms with Gasteiger partial charge in [0, 0.05) is 10.5 Å². The minimum Gasteiger partial charge on any atom is -0.352 e. The zero-order valence-corrected chi connectivity index (χ0v) is 17.8. The number of carbonyl (C=O) groups excluding carboxylic acids is 1. The van der Waals surface area contributed by atoms with Crippen molar-refractivity contribution >= 4 is 37.5 Å². The number of nitrogens with one attached hydrogen (secondary N) is 1. The second-order valence-electron chi connectivity index (χ2n) is 7.65. The van der Waals surface area contributed by atoms with Gasteiger partial charge in [-0.15, -0.1) is 0 Å². The molecule has 2 aliphatic carbocycles. The van der Waals surface area contributed by atoms with Crippen LogP contribution in [0.5, 0.6) is 0 Å². The summed E-state index contributed by atoms with van der Waals surface area (Å²) in [5, 5.41) is 3.09. The number of amides is 1. The van der Waals surface area contributed by atoms with E-state index in [0.717, 1.165) is 17.3 Å². The van der Waals surface area contributed by atoms with Crippen LogP contribution in [-0.2, 0) is 14.8 Å². The van der Waals surface area contributed by atoms with Crippen LogP contribution in [-0.4, -0.2) is 26.9 Å². The zero-order valence-electron chi connectivity index (χ0n) is 15.4. The molecular weight excluding hydrogens is 440 g/mol. The standard InChI is InChI=1S/C21H23BrN2O3S/c22-17-5-4-6-18(13-17)24(28(26,27)19-7-2-1-3-8-19)14-21(25)23-20-12-15-9-10-16(20)11-15/h1-8,13,15-16,20H,9-12,14H2,(H,23,25)/t15-,16-,20-/m1/s1. The lowest BCUT2D eigenvalue weighted by atomic mass is 9.95. The zero-order chi connectivity index (χ0) is 19.7. The Hall–Kier alpha value is -1.86. The lowest BCUT2D eigenvalue weighted by Crippen LogP contribution is -2.46. The molecule has 0 radical (unpaired) electrons. The lowest BCUT2D eigenvalue weighted by molar-refractivity contribution is -0.120. The maximum atomic E-state index is 13.3. The smallest absolute Gasteiger partial charge is 0.264 e. The molecule has 2 fully saturated rings. The largest absolute Gasteiger partial charge is 0.352 e. The maximum absolute atomic E-state index is 13.3. The van der Waals surface area contributed by atoms with E-state index in [0.29, 0.717) is 17.5 Å². The number of fused-ring (bicyclic) bond motifs is 2. The number of halogens is 1. The third-order valence-corrected chi connectivity index (χ3v) is 8.08. The number of carbonyl (C=O) groups is 1. The van der Waals surface area contributed by atoms with Crippen molar-refractivity contribution in [1.29, 1.82) is 0 Å². The fraction of sp³-hybridized carbons (Fsp3) is 0.381. The van der Waals surface area contributed by atoms with Crippen LogP contribution in [0.4, 0.5) is 5.69 Å². The fourth-order valence-corrected chi connectivity index (χ4v) is 6.29. The highest BCUT2D eigenvalue weighted by atomic mass is 79.9. The first-order valence-electron chi connectivity index (χ1n) is 9.56. The van der Waals surface area contributed by atoms with Crippen LogP contribution in [0.25, 0.3) is 0 Å². The van der Waals surface area contributed by atoms with Gasteiger partial charge in [0.05, 0.1) is 10.6 Å². The van der Waals surface area contributed by atoms with Gasteiger partial charge in [-0.3, -0.25) is 9.10 Å². The Bertz CT molecular complexity index is 965. The molecule has 2 bridgehead atoms. The van der Waals surface area contributed by atoms with E-state index >= 15 is 0 Å². The molecule has 0 spiro atoms. The molecule has 148 valence electrons. The first kappa shape index (κ1) is 19.5. The lowest BCUT2D eigenvalue weighted by Gasteiger charge is -2.27. The molecule has 2 saturated carbocycles. The van der Waals surface area contributed by atoms with Crippen molar-refractivity contribution in [3.63, 3.8) is 0 Å². The van der Waals surface area contributed by atoms with E-state index < -0.39 is 10.0 Å². The summed E-state index contributed by atoms with van der Waals surface area (Å²) in [7, 11) is -3.86. The average molecular weight is 463 g/mol. The number of nitrogens with zero attached hydrogens (tertiary/aromatic N) is 1. The van der Waals surface area contributed by atoms with Gasteiger partial charge in [0.2, 0.25) is 5.91 Å². The summed E-state index contributed by atoms with van der Waals surface area (Å²) in [5.41, 5.74) is 0.460. The number of hydrogen-bond acceptors (Lipinski definition) is 3. The van der Waals surface area contributed by atoms with Crippen LogP contribution in [0.3, 0.4) is 0 Å². The molecule has 1 amide bonds. The number of hydrogen-bond donors (Lipinski definition) is 1. The summed E-state index contributed by atoms with van der Waals surface area (Å²) >= 11 is 3.39. The summed E-state index contributed by atoms with van der Waals surface area (Å²) < 4.78 is 28.5. The predicted octanol–water partition coefficient (Wildman–Crippen LogP) is 3.95. The minimum atomic E-state index is -3.86. The summed E-state index contributed by atoms with van der Waals surface area (Å²) in [4.78, 5) is 13.0. The molecule has 2 aliphatic rings. The quantitative estimate of drug-likeness (QED) is 0.706. The molecule has 0 heterocycles. The number of benzene rings is 2. The van der Waals surface area contributed by atoms with Gasteiger partial charge in [-0.05, 0) is 61.4 Å². The van der Waals surface area contributed by atoms with Crippen molar-refractivity contribution in [2.45, 2.75) is 36.6 Å². The fourth-order valence-electron chi connectivity index (χ4n) is 4.47. The van der Waals surface area contributed by atoms with Gasteiger partial charge in [-0.1, -0.05) is 46.6 Å². The van der Waals surface area contributed by atoms with Crippen LogP contribution < -0.4 is 9.62 Å². The Balaban J connectivity index is 1.59. The van der Waals surface area contributed by atoms with Crippen molar-refractivity contribution in [3.05, 3.63) is 59.1 Å². The van der Waals surface area contributed by atoms with Crippen LogP contribution in [0.2, 0.25) is 0 Å². The van der Waals surface area contributed by atoms with Crippen molar-refractivity contribution in [1.82, 2.24) is 5.32 Å². The molecule has 0 aromatic heterocycles. The monoisotopic (exact) mass is 462 g/mol. The Morgan fingerprint density at radius 1 is 1.07 bits per heavy atom. The van der Waals surface area contributed by atoms with E-state index in [1.54, 1.807) is 48.5 Å². The van der Waals surface area contributed by atoms with E-state index in [2.05, 4.69) is 21.2 Å². The molecule has 2 aromatic carbocycles. The van der Waals surface area contributed by atoms with Crippen LogP contribution in [0.15, 0.2) is 64.0 Å². The van der Waals surface area contributed by atoms with Gasteiger partial charge in [0.25, 0.3) is 10.0 Å². The van der Waals surface area contributed by atoms with Gasteiger partial charge < -0.3 is 5.32 Å². The van der Waals surface area contributed by atoms with Gasteiger partial charge in [-0.25, -0.2) is 8.42 Å². The Morgan fingerprint density at radius 2 is 1.86 bits per heavy atom. The minimum absolute atomic E-state index is 0.169. The van der Waals surface area contributed by atoms with Crippen molar-refractivity contribution in [3.8, 4) is 0 Å². The van der Waals surface area contributed by atoms with Crippen molar-refractivity contribution in [2.75, 3.05) is 10.8 Å². The Morgan fingerprint density at radius 3 is 2.50 bits per heavy atom. The highest BCUT2D eigenvalue weighted by molar-refractivity contribution is 9.10. The first-order valence-corrected chi connectivity index (χ1v) is 11.8. The highest BCUT2D eigenvalue weighted by Crippen LogP contribution is 2.44. The molecule has 2 aromatic rings. The normalized spacial score (nSPS) is 23.5. The van der Waals surface area contributed by atoms with Crippen molar-refractivity contribution < 1.29 is 13.2 Å². The van der Waals surface area contributed by atoms with Crippen LogP contribution in [0, 0.1) is 11.8 Å². The molecule has 4 rings (SSSR count). The summed E-state index contributed by atoms with van der Waals surface area (Å²) in [6, 6.07) is 15.4. The number of anilines is 1. The molecule has 28 heavy (non-hydrogen) atoms. The van der Waals surface area contributed by atoms with Crippen molar-refractivity contribution in [2.24, 2.45) is 11.8 Å². The topological polar surface area (TPSA) is 66.5 Å². The van der Waals surface area contributed by atoms with Gasteiger partial charge in [0.1, 0.15) is 6.54 Å². The van der Waals surface area contributed by atoms with Gasteiger partial charge in [-0.2, -0.15) is 0 Å². The Labute approximate surface area is 174 Å². The Kier molecular flexibility index (Phi) is 5.47. The van der Waals surface area contributed by atoms with Gasteiger partial charge in [0.15, 0.2) is 0 Å². The van der Waals surface area contributed by atoms with E-state index in [9.17, 15) is 13.2 Å². The second-order valence-corrected chi connectivity index (χ2v) is 10.4. The third-order valence-electron chi connectivity index (χ3n) is 5.80. The molecule has 0 aliphatic heterocycles. The summed E-state index contributed by atoms with van der Waals surface area (Å²) in [5.74, 6) is 1.00. The van der Waals surface area contributed by atoms with E-state index in [-0.39, 0.29) is 23.4 Å². The number of rotatable bonds is 6. The third kappa shape index (κ3) is 3.96. The number of sulfonamides is 1. The summed E-state index contributed by atoms with van der Waals surface area (Å²) in [6.45, 7) is -0.235. The SMILES string of the molecule is O=C(CN(c1cccc(Br)c1)S(=O)(=O)c1ccccc1)N[C@@H]1C[C@@H]2CC[C@@H]1C2. The second kappa shape index (κ2) is 7.87. The maximum Gasteiger partial charge on any atom is 0.264 e. The molecule has 1 N–H and O–H groups in total. The van der Waals surface area contributed by atoms with E-state index in [1.807, 2.05) is 6.07 Å². The van der Waals surface area contributed by atoms with Crippen LogP contribution >= 0.6 is 15.9 Å². The van der Waals surface area contributed by atoms with Gasteiger partial charge >= 0.3 is 0 Å². The molecule has 3 atom stereocenters. The molecule has 5 nitrogen and oxygen atoms in total. The highest BCUT2D eigenvalue weighted by Gasteiger charge is 2.40. The van der Waals surface area contributed by atoms with Crippen LogP contribution in [0.1, 0.15) is 25.7 Å². The summed E-state index contributed by atoms with van der Waals surface area (Å²) in [6.07, 6.45) is 4.61. The van der Waals surface area contributed by atoms with E-state index in [4.69, 9.17) is 0 Å². The molecule has 0 unspecified atom stereocenters. The predicted molar refractivity (Wildman–Crippen MR) is 112 cm³/mol. The first-order chi connectivity index (χ1) is 13.4. The molecule has 0 saturated heterocycles. The molecule has 7 heteroatoms. The molecular formula is C21H23BrN2O3S. The average Bonchev–Trinajstić information content (AvgIpc) is 3.30.